The smallest absolute Gasteiger partial charge is 0.150 e. The van der Waals surface area contributed by atoms with Crippen molar-refractivity contribution in [3.05, 3.63) is 71.4 Å². The molecule has 0 saturated carbocycles. The van der Waals surface area contributed by atoms with Gasteiger partial charge in [0.05, 0.1) is 0 Å². The number of aryl methyl sites for hydroxylation is 1. The quantitative estimate of drug-likeness (QED) is 0.556. The van der Waals surface area contributed by atoms with Crippen LogP contribution < -0.4 is 0 Å². The molecule has 0 amide bonds. The number of nitrogens with one attached hydrogen (secondary N) is 1. The van der Waals surface area contributed by atoms with Gasteiger partial charge >= 0.3 is 0 Å². The second kappa shape index (κ2) is 5.17. The number of fused-ring (bicyclic) bond motifs is 1. The van der Waals surface area contributed by atoms with Gasteiger partial charge in [-0.05, 0) is 30.2 Å². The molecule has 1 N–H and O–H groups in total. The lowest BCUT2D eigenvalue weighted by Gasteiger charge is -2.02. The van der Waals surface area contributed by atoms with E-state index in [9.17, 15) is 4.79 Å². The van der Waals surface area contributed by atoms with Crippen molar-refractivity contribution >= 4 is 28.8 Å². The molecule has 98 valence electrons. The minimum absolute atomic E-state index is 0.691. The van der Waals surface area contributed by atoms with Crippen molar-refractivity contribution in [3.63, 3.8) is 0 Å². The second-order valence-corrected chi connectivity index (χ2v) is 4.82. The first kappa shape index (κ1) is 12.4. The van der Waals surface area contributed by atoms with Crippen molar-refractivity contribution < 1.29 is 4.79 Å². The summed E-state index contributed by atoms with van der Waals surface area (Å²) in [6.07, 6.45) is 4.75. The van der Waals surface area contributed by atoms with Gasteiger partial charge in [-0.25, -0.2) is 0 Å². The molecule has 20 heavy (non-hydrogen) atoms. The Kier molecular flexibility index (Phi) is 3.21. The highest BCUT2D eigenvalue weighted by molar-refractivity contribution is 6.17. The second-order valence-electron chi connectivity index (χ2n) is 4.82. The number of benzene rings is 2. The highest BCUT2D eigenvalue weighted by Crippen LogP contribution is 2.26. The lowest BCUT2D eigenvalue weighted by atomic mass is 10.0. The fourth-order valence-electron chi connectivity index (χ4n) is 2.40. The average Bonchev–Trinajstić information content (AvgIpc) is 2.90. The third-order valence-corrected chi connectivity index (χ3v) is 3.53. The first-order chi connectivity index (χ1) is 9.79. The molecule has 0 unspecified atom stereocenters. The van der Waals surface area contributed by atoms with Crippen molar-refractivity contribution in [1.29, 1.82) is 0 Å². The zero-order valence-corrected chi connectivity index (χ0v) is 11.3. The van der Waals surface area contributed by atoms with Crippen molar-refractivity contribution in [2.24, 2.45) is 0 Å². The van der Waals surface area contributed by atoms with Crippen LogP contribution in [0.5, 0.6) is 0 Å². The van der Waals surface area contributed by atoms with E-state index in [-0.39, 0.29) is 0 Å². The van der Waals surface area contributed by atoms with Gasteiger partial charge in [-0.2, -0.15) is 0 Å². The molecule has 0 aliphatic carbocycles. The van der Waals surface area contributed by atoms with Crippen LogP contribution in [0.25, 0.3) is 22.6 Å². The summed E-state index contributed by atoms with van der Waals surface area (Å²) in [5.41, 5.74) is 4.90. The largest absolute Gasteiger partial charge is 0.361 e. The Balaban J connectivity index is 2.15. The number of para-hydroxylation sites is 1. The number of allylic oxidation sites excluding steroid dienone is 1. The predicted octanol–water partition coefficient (Wildman–Crippen LogP) is 4.22. The molecule has 2 aromatic carbocycles. The number of aldehydes is 1. The molecule has 0 atom stereocenters. The van der Waals surface area contributed by atoms with Crippen LogP contribution in [0.1, 0.15) is 16.7 Å². The molecule has 0 bridgehead atoms. The maximum absolute atomic E-state index is 11.5. The Morgan fingerprint density at radius 3 is 2.60 bits per heavy atom. The number of rotatable bonds is 3. The van der Waals surface area contributed by atoms with Gasteiger partial charge in [0.15, 0.2) is 6.29 Å². The Morgan fingerprint density at radius 2 is 1.80 bits per heavy atom. The van der Waals surface area contributed by atoms with E-state index in [1.54, 1.807) is 0 Å². The van der Waals surface area contributed by atoms with Crippen molar-refractivity contribution in [3.8, 4) is 0 Å². The van der Waals surface area contributed by atoms with Crippen molar-refractivity contribution in [1.82, 2.24) is 4.98 Å². The number of carbonyl (C=O) groups is 1. The van der Waals surface area contributed by atoms with Gasteiger partial charge in [-0.1, -0.05) is 42.5 Å². The number of aromatic nitrogens is 1. The predicted molar refractivity (Wildman–Crippen MR) is 83.4 cm³/mol. The summed E-state index contributed by atoms with van der Waals surface area (Å²) >= 11 is 0. The molecular weight excluding hydrogens is 246 g/mol. The van der Waals surface area contributed by atoms with Crippen LogP contribution in [0, 0.1) is 6.92 Å². The van der Waals surface area contributed by atoms with E-state index in [4.69, 9.17) is 0 Å². The number of hydrogen-bond acceptors (Lipinski definition) is 1. The number of aromatic amines is 1. The summed E-state index contributed by atoms with van der Waals surface area (Å²) in [6.45, 7) is 2.05. The Hall–Kier alpha value is -2.61. The molecule has 0 aliphatic heterocycles. The first-order valence-electron chi connectivity index (χ1n) is 6.58. The Bertz CT molecular complexity index is 796. The average molecular weight is 261 g/mol. The van der Waals surface area contributed by atoms with E-state index >= 15 is 0 Å². The van der Waals surface area contributed by atoms with Gasteiger partial charge in [0.1, 0.15) is 0 Å². The van der Waals surface area contributed by atoms with Crippen LogP contribution in [0.3, 0.4) is 0 Å². The minimum atomic E-state index is 0.691. The van der Waals surface area contributed by atoms with Crippen LogP contribution in [0.2, 0.25) is 0 Å². The summed E-state index contributed by atoms with van der Waals surface area (Å²) in [7, 11) is 0. The van der Waals surface area contributed by atoms with Gasteiger partial charge in [-0.3, -0.25) is 4.79 Å². The highest BCUT2D eigenvalue weighted by Gasteiger charge is 2.08. The normalized spacial score (nSPS) is 11.8. The topological polar surface area (TPSA) is 32.9 Å². The van der Waals surface area contributed by atoms with Gasteiger partial charge in [0.25, 0.3) is 0 Å². The first-order valence-corrected chi connectivity index (χ1v) is 6.58. The fraction of sp³-hybridized carbons (Fsp3) is 0.0556. The van der Waals surface area contributed by atoms with Gasteiger partial charge in [-0.15, -0.1) is 0 Å². The fourth-order valence-corrected chi connectivity index (χ4v) is 2.40. The van der Waals surface area contributed by atoms with Gasteiger partial charge in [0, 0.05) is 28.2 Å². The van der Waals surface area contributed by atoms with Crippen LogP contribution in [-0.2, 0) is 4.79 Å². The summed E-state index contributed by atoms with van der Waals surface area (Å²) in [5.74, 6) is 0. The zero-order chi connectivity index (χ0) is 13.9. The van der Waals surface area contributed by atoms with E-state index in [1.165, 1.54) is 0 Å². The SMILES string of the molecule is Cc1ccccc1/C=C(/C=O)c1c[nH]c2ccccc12. The third-order valence-electron chi connectivity index (χ3n) is 3.53. The lowest BCUT2D eigenvalue weighted by molar-refractivity contribution is -0.103. The Morgan fingerprint density at radius 1 is 1.05 bits per heavy atom. The molecule has 0 saturated heterocycles. The molecule has 2 nitrogen and oxygen atoms in total. The third kappa shape index (κ3) is 2.16. The Labute approximate surface area is 117 Å². The molecule has 3 aromatic rings. The van der Waals surface area contributed by atoms with Crippen LogP contribution in [-0.4, -0.2) is 11.3 Å². The zero-order valence-electron chi connectivity index (χ0n) is 11.3. The van der Waals surface area contributed by atoms with E-state index in [1.807, 2.05) is 67.7 Å². The highest BCUT2D eigenvalue weighted by atomic mass is 16.1. The molecule has 0 fully saturated rings. The number of hydrogen-bond donors (Lipinski definition) is 1. The van der Waals surface area contributed by atoms with Gasteiger partial charge in [0.2, 0.25) is 0 Å². The standard InChI is InChI=1S/C18H15NO/c1-13-6-2-3-7-14(13)10-15(12-20)17-11-19-18-9-5-4-8-16(17)18/h2-12,19H,1H3/b15-10-. The van der Waals surface area contributed by atoms with E-state index in [2.05, 4.69) is 4.98 Å². The number of carbonyl (C=O) groups excluding carboxylic acids is 1. The summed E-state index contributed by atoms with van der Waals surface area (Å²) < 4.78 is 0. The molecule has 0 radical (unpaired) electrons. The molecule has 1 heterocycles. The van der Waals surface area contributed by atoms with Crippen LogP contribution in [0.15, 0.2) is 54.7 Å². The summed E-state index contributed by atoms with van der Waals surface area (Å²) in [4.78, 5) is 14.7. The molecule has 3 rings (SSSR count). The summed E-state index contributed by atoms with van der Waals surface area (Å²) in [6, 6.07) is 16.0. The van der Waals surface area contributed by atoms with Crippen molar-refractivity contribution in [2.45, 2.75) is 6.92 Å². The monoisotopic (exact) mass is 261 g/mol. The summed E-state index contributed by atoms with van der Waals surface area (Å²) in [5, 5.41) is 1.07. The molecule has 0 spiro atoms. The molecular formula is C18H15NO. The minimum Gasteiger partial charge on any atom is -0.361 e. The van der Waals surface area contributed by atoms with Crippen molar-refractivity contribution in [2.75, 3.05) is 0 Å². The maximum Gasteiger partial charge on any atom is 0.150 e. The lowest BCUT2D eigenvalue weighted by Crippen LogP contribution is -1.86. The number of H-pyrrole nitrogens is 1. The molecule has 0 aliphatic rings. The van der Waals surface area contributed by atoms with Crippen LogP contribution >= 0.6 is 0 Å². The maximum atomic E-state index is 11.5. The van der Waals surface area contributed by atoms with E-state index in [0.29, 0.717) is 5.57 Å². The van der Waals surface area contributed by atoms with E-state index in [0.717, 1.165) is 33.9 Å². The van der Waals surface area contributed by atoms with Gasteiger partial charge < -0.3 is 4.98 Å². The molecule has 1 aromatic heterocycles. The van der Waals surface area contributed by atoms with Crippen LogP contribution in [0.4, 0.5) is 0 Å². The van der Waals surface area contributed by atoms with E-state index < -0.39 is 0 Å². The molecule has 2 heteroatoms.